The zero-order valence-corrected chi connectivity index (χ0v) is 16.8. The minimum Gasteiger partial charge on any atom is -0.376 e. The van der Waals surface area contributed by atoms with Crippen LogP contribution < -0.4 is 10.6 Å². The van der Waals surface area contributed by atoms with E-state index in [1.165, 1.54) is 16.4 Å². The van der Waals surface area contributed by atoms with Gasteiger partial charge in [-0.15, -0.1) is 0 Å². The van der Waals surface area contributed by atoms with Gasteiger partial charge in [0, 0.05) is 25.0 Å². The SMILES string of the molecule is CCCCN(C)S(=O)(=O)c1ccc(NCC(=O)Nc2ccc(C#N)cc2)cc1. The third kappa shape index (κ3) is 5.81. The summed E-state index contributed by atoms with van der Waals surface area (Å²) in [4.78, 5) is 12.2. The van der Waals surface area contributed by atoms with Gasteiger partial charge in [0.25, 0.3) is 0 Å². The Labute approximate surface area is 166 Å². The summed E-state index contributed by atoms with van der Waals surface area (Å²) >= 11 is 0. The smallest absolute Gasteiger partial charge is 0.243 e. The lowest BCUT2D eigenvalue weighted by Gasteiger charge is -2.17. The highest BCUT2D eigenvalue weighted by Crippen LogP contribution is 2.18. The van der Waals surface area contributed by atoms with Gasteiger partial charge in [-0.25, -0.2) is 12.7 Å². The van der Waals surface area contributed by atoms with Crippen molar-refractivity contribution in [2.24, 2.45) is 0 Å². The molecule has 0 radical (unpaired) electrons. The number of anilines is 2. The summed E-state index contributed by atoms with van der Waals surface area (Å²) in [6, 6.07) is 14.9. The van der Waals surface area contributed by atoms with E-state index < -0.39 is 10.0 Å². The quantitative estimate of drug-likeness (QED) is 0.674. The highest BCUT2D eigenvalue weighted by molar-refractivity contribution is 7.89. The molecule has 0 saturated heterocycles. The van der Waals surface area contributed by atoms with Gasteiger partial charge in [0.15, 0.2) is 0 Å². The fourth-order valence-electron chi connectivity index (χ4n) is 2.44. The van der Waals surface area contributed by atoms with Gasteiger partial charge < -0.3 is 10.6 Å². The second-order valence-corrected chi connectivity index (χ2v) is 8.34. The van der Waals surface area contributed by atoms with Crippen molar-refractivity contribution >= 4 is 27.3 Å². The lowest BCUT2D eigenvalue weighted by atomic mass is 10.2. The molecule has 148 valence electrons. The van der Waals surface area contributed by atoms with Gasteiger partial charge in [-0.05, 0) is 55.0 Å². The molecular formula is C20H24N4O3S. The van der Waals surface area contributed by atoms with Gasteiger partial charge in [-0.3, -0.25) is 4.79 Å². The molecule has 0 unspecified atom stereocenters. The lowest BCUT2D eigenvalue weighted by molar-refractivity contribution is -0.114. The van der Waals surface area contributed by atoms with Gasteiger partial charge >= 0.3 is 0 Å². The molecule has 2 aromatic rings. The van der Waals surface area contributed by atoms with Crippen LogP contribution in [0.5, 0.6) is 0 Å². The van der Waals surface area contributed by atoms with E-state index in [1.54, 1.807) is 43.4 Å². The molecule has 0 bridgehead atoms. The van der Waals surface area contributed by atoms with Gasteiger partial charge in [0.1, 0.15) is 0 Å². The Morgan fingerprint density at radius 3 is 2.25 bits per heavy atom. The summed E-state index contributed by atoms with van der Waals surface area (Å²) in [6.07, 6.45) is 1.73. The third-order valence-corrected chi connectivity index (χ3v) is 6.01. The molecule has 0 fully saturated rings. The summed E-state index contributed by atoms with van der Waals surface area (Å²) in [5.74, 6) is -0.249. The largest absolute Gasteiger partial charge is 0.376 e. The highest BCUT2D eigenvalue weighted by Gasteiger charge is 2.19. The van der Waals surface area contributed by atoms with Crippen molar-refractivity contribution in [3.63, 3.8) is 0 Å². The molecule has 0 aliphatic heterocycles. The van der Waals surface area contributed by atoms with Crippen molar-refractivity contribution in [3.05, 3.63) is 54.1 Å². The third-order valence-electron chi connectivity index (χ3n) is 4.14. The average molecular weight is 401 g/mol. The number of carbonyl (C=O) groups is 1. The first-order chi connectivity index (χ1) is 13.4. The molecule has 0 saturated carbocycles. The van der Waals surface area contributed by atoms with Crippen LogP contribution in [0, 0.1) is 11.3 Å². The maximum absolute atomic E-state index is 12.5. The highest BCUT2D eigenvalue weighted by atomic mass is 32.2. The first kappa shape index (κ1) is 21.4. The van der Waals surface area contributed by atoms with Gasteiger partial charge in [-0.1, -0.05) is 13.3 Å². The van der Waals surface area contributed by atoms with E-state index in [1.807, 2.05) is 13.0 Å². The summed E-state index contributed by atoms with van der Waals surface area (Å²) in [6.45, 7) is 2.52. The van der Waals surface area contributed by atoms with Gasteiger partial charge in [0.05, 0.1) is 23.1 Å². The van der Waals surface area contributed by atoms with Crippen molar-refractivity contribution < 1.29 is 13.2 Å². The summed E-state index contributed by atoms with van der Waals surface area (Å²) in [5.41, 5.74) is 1.76. The van der Waals surface area contributed by atoms with E-state index in [2.05, 4.69) is 10.6 Å². The normalized spacial score (nSPS) is 11.1. The molecule has 0 spiro atoms. The van der Waals surface area contributed by atoms with Crippen molar-refractivity contribution in [1.82, 2.24) is 4.31 Å². The molecule has 0 aliphatic carbocycles. The molecule has 0 aromatic heterocycles. The number of rotatable bonds is 9. The maximum atomic E-state index is 12.5. The monoisotopic (exact) mass is 400 g/mol. The predicted molar refractivity (Wildman–Crippen MR) is 109 cm³/mol. The molecule has 2 aromatic carbocycles. The first-order valence-electron chi connectivity index (χ1n) is 8.97. The zero-order valence-electron chi connectivity index (χ0n) is 16.0. The van der Waals surface area contributed by atoms with E-state index in [0.29, 0.717) is 23.5 Å². The van der Waals surface area contributed by atoms with Crippen LogP contribution >= 0.6 is 0 Å². The summed E-state index contributed by atoms with van der Waals surface area (Å²) in [5, 5.41) is 14.4. The zero-order chi connectivity index (χ0) is 20.6. The molecule has 2 rings (SSSR count). The molecule has 1 amide bonds. The number of sulfonamides is 1. The van der Waals surface area contributed by atoms with Crippen LogP contribution in [0.4, 0.5) is 11.4 Å². The second kappa shape index (κ2) is 9.88. The number of nitriles is 1. The number of hydrogen-bond acceptors (Lipinski definition) is 5. The number of carbonyl (C=O) groups excluding carboxylic acids is 1. The van der Waals surface area contributed by atoms with E-state index >= 15 is 0 Å². The van der Waals surface area contributed by atoms with Gasteiger partial charge in [-0.2, -0.15) is 5.26 Å². The number of amides is 1. The van der Waals surface area contributed by atoms with Crippen molar-refractivity contribution in [2.75, 3.05) is 30.8 Å². The maximum Gasteiger partial charge on any atom is 0.243 e. The standard InChI is InChI=1S/C20H24N4O3S/c1-3-4-13-24(2)28(26,27)19-11-9-17(10-12-19)22-15-20(25)23-18-7-5-16(14-21)6-8-18/h5-12,22H,3-4,13,15H2,1-2H3,(H,23,25). The molecular weight excluding hydrogens is 376 g/mol. The minimum absolute atomic E-state index is 0.0303. The Morgan fingerprint density at radius 1 is 1.07 bits per heavy atom. The number of nitrogens with one attached hydrogen (secondary N) is 2. The summed E-state index contributed by atoms with van der Waals surface area (Å²) < 4.78 is 26.3. The van der Waals surface area contributed by atoms with Crippen LogP contribution in [-0.4, -0.2) is 38.8 Å². The topological polar surface area (TPSA) is 102 Å². The predicted octanol–water partition coefficient (Wildman–Crippen LogP) is 3.03. The molecule has 7 nitrogen and oxygen atoms in total. The van der Waals surface area contributed by atoms with E-state index in [4.69, 9.17) is 5.26 Å². The van der Waals surface area contributed by atoms with Crippen molar-refractivity contribution in [1.29, 1.82) is 5.26 Å². The molecule has 0 aliphatic rings. The van der Waals surface area contributed by atoms with Crippen LogP contribution in [-0.2, 0) is 14.8 Å². The van der Waals surface area contributed by atoms with E-state index in [-0.39, 0.29) is 17.3 Å². The summed E-state index contributed by atoms with van der Waals surface area (Å²) in [7, 11) is -1.93. The molecule has 8 heteroatoms. The number of benzene rings is 2. The van der Waals surface area contributed by atoms with E-state index in [0.717, 1.165) is 12.8 Å². The lowest BCUT2D eigenvalue weighted by Crippen LogP contribution is -2.27. The van der Waals surface area contributed by atoms with Crippen molar-refractivity contribution in [3.8, 4) is 6.07 Å². The first-order valence-corrected chi connectivity index (χ1v) is 10.4. The fraction of sp³-hybridized carbons (Fsp3) is 0.300. The Bertz CT molecular complexity index is 933. The van der Waals surface area contributed by atoms with E-state index in [9.17, 15) is 13.2 Å². The van der Waals surface area contributed by atoms with Crippen molar-refractivity contribution in [2.45, 2.75) is 24.7 Å². The second-order valence-electron chi connectivity index (χ2n) is 6.30. The van der Waals surface area contributed by atoms with Crippen LogP contribution in [0.2, 0.25) is 0 Å². The number of hydrogen-bond donors (Lipinski definition) is 2. The van der Waals surface area contributed by atoms with Gasteiger partial charge in [0.2, 0.25) is 15.9 Å². The Hall–Kier alpha value is -2.89. The Kier molecular flexibility index (Phi) is 7.55. The van der Waals surface area contributed by atoms with Crippen LogP contribution in [0.25, 0.3) is 0 Å². The van der Waals surface area contributed by atoms with Crippen LogP contribution in [0.15, 0.2) is 53.4 Å². The Morgan fingerprint density at radius 2 is 1.68 bits per heavy atom. The molecule has 2 N–H and O–H groups in total. The minimum atomic E-state index is -3.50. The van der Waals surface area contributed by atoms with Crippen LogP contribution in [0.1, 0.15) is 25.3 Å². The molecule has 28 heavy (non-hydrogen) atoms. The molecule has 0 atom stereocenters. The average Bonchev–Trinajstić information content (AvgIpc) is 2.71. The molecule has 0 heterocycles. The fourth-order valence-corrected chi connectivity index (χ4v) is 3.65. The van der Waals surface area contributed by atoms with Crippen LogP contribution in [0.3, 0.4) is 0 Å². The Balaban J connectivity index is 1.91. The number of nitrogens with zero attached hydrogens (tertiary/aromatic N) is 2. The number of unbranched alkanes of at least 4 members (excludes halogenated alkanes) is 1.